The molecule has 0 N–H and O–H groups in total. The molecule has 0 aromatic rings. The minimum absolute atomic E-state index is 0.742. The predicted molar refractivity (Wildman–Crippen MR) is 29.2 cm³/mol. The highest BCUT2D eigenvalue weighted by Gasteiger charge is 1.50. The summed E-state index contributed by atoms with van der Waals surface area (Å²) in [7, 11) is 0. The van der Waals surface area contributed by atoms with E-state index in [1.165, 1.54) is 6.08 Å². The maximum Gasteiger partial charge on any atom is 0.143 e. The zero-order chi connectivity index (χ0) is 4.12. The van der Waals surface area contributed by atoms with Crippen molar-refractivity contribution in [1.82, 2.24) is 0 Å². The van der Waals surface area contributed by atoms with E-state index in [1.807, 2.05) is 22.6 Å². The Hall–Kier alpha value is 0.140. The van der Waals surface area contributed by atoms with Crippen LogP contribution in [-0.2, 0) is 4.79 Å². The Bertz CT molecular complexity index is 48.9. The van der Waals surface area contributed by atoms with Crippen LogP contribution in [-0.4, -0.2) is 6.29 Å². The van der Waals surface area contributed by atoms with Crippen LogP contribution in [0.15, 0.2) is 10.2 Å². The van der Waals surface area contributed by atoms with E-state index in [0.717, 1.165) is 6.29 Å². The van der Waals surface area contributed by atoms with E-state index in [9.17, 15) is 4.79 Å². The molecular formula is C3H3IO. The first-order valence-electron chi connectivity index (χ1n) is 1.12. The topological polar surface area (TPSA) is 17.1 Å². The van der Waals surface area contributed by atoms with Crippen LogP contribution >= 0.6 is 22.6 Å². The average molecular weight is 182 g/mol. The molecule has 0 saturated heterocycles. The van der Waals surface area contributed by atoms with E-state index in [2.05, 4.69) is 0 Å². The van der Waals surface area contributed by atoms with Gasteiger partial charge in [-0.05, 0) is 10.2 Å². The fourth-order valence-corrected chi connectivity index (χ4v) is 0.199. The summed E-state index contributed by atoms with van der Waals surface area (Å²) in [6.45, 7) is 0. The fourth-order valence-electron chi connectivity index (χ4n) is 0.0297. The first-order valence-corrected chi connectivity index (χ1v) is 2.37. The highest BCUT2D eigenvalue weighted by molar-refractivity contribution is 14.1. The number of hydrogen-bond donors (Lipinski definition) is 0. The molecule has 28 valence electrons. The number of carbonyl (C=O) groups excluding carboxylic acids is 1. The molecule has 0 spiro atoms. The summed E-state index contributed by atoms with van der Waals surface area (Å²) in [4.78, 5) is 9.31. The van der Waals surface area contributed by atoms with Crippen LogP contribution < -0.4 is 0 Å². The smallest absolute Gasteiger partial charge is 0.143 e. The minimum Gasteiger partial charge on any atom is -0.299 e. The zero-order valence-corrected chi connectivity index (χ0v) is 4.68. The lowest BCUT2D eigenvalue weighted by molar-refractivity contribution is -0.104. The molecule has 1 nitrogen and oxygen atoms in total. The maximum absolute atomic E-state index is 9.31. The first-order chi connectivity index (χ1) is 2.41. The molecule has 0 amide bonds. The molecular weight excluding hydrogens is 179 g/mol. The van der Waals surface area contributed by atoms with E-state index in [0.29, 0.717) is 0 Å². The summed E-state index contributed by atoms with van der Waals surface area (Å²) >= 11 is 1.98. The molecule has 0 aromatic carbocycles. The number of rotatable bonds is 1. The van der Waals surface area contributed by atoms with Crippen LogP contribution in [0.5, 0.6) is 0 Å². The van der Waals surface area contributed by atoms with Crippen LogP contribution in [0.4, 0.5) is 0 Å². The second-order valence-electron chi connectivity index (χ2n) is 0.455. The van der Waals surface area contributed by atoms with E-state index in [4.69, 9.17) is 0 Å². The van der Waals surface area contributed by atoms with Gasteiger partial charge >= 0.3 is 0 Å². The maximum atomic E-state index is 9.31. The van der Waals surface area contributed by atoms with Crippen LogP contribution in [0.2, 0.25) is 0 Å². The molecule has 0 unspecified atom stereocenters. The van der Waals surface area contributed by atoms with Gasteiger partial charge in [0, 0.05) is 0 Å². The molecule has 0 fully saturated rings. The third kappa shape index (κ3) is 4.14. The van der Waals surface area contributed by atoms with Gasteiger partial charge < -0.3 is 0 Å². The Morgan fingerprint density at radius 1 is 1.60 bits per heavy atom. The van der Waals surface area contributed by atoms with Crippen molar-refractivity contribution in [1.29, 1.82) is 0 Å². The molecule has 0 aliphatic heterocycles. The van der Waals surface area contributed by atoms with Gasteiger partial charge in [0.2, 0.25) is 0 Å². The quantitative estimate of drug-likeness (QED) is 0.337. The summed E-state index contributed by atoms with van der Waals surface area (Å²) in [5.41, 5.74) is 0. The molecule has 0 atom stereocenters. The zero-order valence-electron chi connectivity index (χ0n) is 2.52. The van der Waals surface area contributed by atoms with Gasteiger partial charge in [0.25, 0.3) is 0 Å². The molecule has 2 heteroatoms. The molecule has 0 aliphatic rings. The van der Waals surface area contributed by atoms with Crippen molar-refractivity contribution < 1.29 is 4.79 Å². The third-order valence-corrected chi connectivity index (χ3v) is 0.567. The normalized spacial score (nSPS) is 9.00. The van der Waals surface area contributed by atoms with Crippen molar-refractivity contribution in [2.24, 2.45) is 0 Å². The predicted octanol–water partition coefficient (Wildman–Crippen LogP) is 1.13. The Morgan fingerprint density at radius 2 is 2.20 bits per heavy atom. The minimum atomic E-state index is 0.742. The van der Waals surface area contributed by atoms with Gasteiger partial charge in [0.05, 0.1) is 0 Å². The number of hydrogen-bond acceptors (Lipinski definition) is 1. The first kappa shape index (κ1) is 5.14. The second kappa shape index (κ2) is 4.14. The molecule has 0 radical (unpaired) electrons. The standard InChI is InChI=1S/C3H3IO/c4-2-1-3-5/h1-3H/b2-1+. The number of halogens is 1. The van der Waals surface area contributed by atoms with Crippen molar-refractivity contribution >= 4 is 28.9 Å². The van der Waals surface area contributed by atoms with Crippen molar-refractivity contribution in [2.45, 2.75) is 0 Å². The molecule has 5 heavy (non-hydrogen) atoms. The van der Waals surface area contributed by atoms with Crippen molar-refractivity contribution in [3.8, 4) is 0 Å². The van der Waals surface area contributed by atoms with Gasteiger partial charge in [-0.25, -0.2) is 0 Å². The van der Waals surface area contributed by atoms with E-state index in [1.54, 1.807) is 4.08 Å². The summed E-state index contributed by atoms with van der Waals surface area (Å²) in [5.74, 6) is 0. The van der Waals surface area contributed by atoms with Crippen molar-refractivity contribution in [3.05, 3.63) is 10.2 Å². The number of carbonyl (C=O) groups is 1. The van der Waals surface area contributed by atoms with E-state index >= 15 is 0 Å². The van der Waals surface area contributed by atoms with Gasteiger partial charge in [-0.3, -0.25) is 4.79 Å². The summed E-state index contributed by atoms with van der Waals surface area (Å²) in [6.07, 6.45) is 2.17. The second-order valence-corrected chi connectivity index (χ2v) is 1.17. The summed E-state index contributed by atoms with van der Waals surface area (Å²) in [5, 5.41) is 0. The monoisotopic (exact) mass is 182 g/mol. The van der Waals surface area contributed by atoms with Gasteiger partial charge in [-0.15, -0.1) is 0 Å². The molecule has 0 aliphatic carbocycles. The van der Waals surface area contributed by atoms with Crippen LogP contribution in [0.3, 0.4) is 0 Å². The number of aldehydes is 1. The third-order valence-electron chi connectivity index (χ3n) is 0.151. The van der Waals surface area contributed by atoms with Crippen LogP contribution in [0.25, 0.3) is 0 Å². The van der Waals surface area contributed by atoms with Crippen molar-refractivity contribution in [3.63, 3.8) is 0 Å². The molecule has 0 bridgehead atoms. The Kier molecular flexibility index (Phi) is 4.26. The fraction of sp³-hybridized carbons (Fsp3) is 0. The molecule has 0 heterocycles. The Morgan fingerprint density at radius 3 is 2.20 bits per heavy atom. The van der Waals surface area contributed by atoms with Crippen LogP contribution in [0.1, 0.15) is 0 Å². The van der Waals surface area contributed by atoms with E-state index in [-0.39, 0.29) is 0 Å². The van der Waals surface area contributed by atoms with Gasteiger partial charge in [-0.1, -0.05) is 22.6 Å². The van der Waals surface area contributed by atoms with Gasteiger partial charge in [-0.2, -0.15) is 0 Å². The molecule has 0 aromatic heterocycles. The SMILES string of the molecule is O=C/C=C/I. The average Bonchev–Trinajstić information content (AvgIpc) is 1.41. The largest absolute Gasteiger partial charge is 0.299 e. The number of allylic oxidation sites excluding steroid dienone is 1. The highest BCUT2D eigenvalue weighted by atomic mass is 127. The van der Waals surface area contributed by atoms with Gasteiger partial charge in [0.15, 0.2) is 0 Å². The Balaban J connectivity index is 2.92. The lowest BCUT2D eigenvalue weighted by Gasteiger charge is -1.49. The summed E-state index contributed by atoms with van der Waals surface area (Å²) in [6, 6.07) is 0. The van der Waals surface area contributed by atoms with Gasteiger partial charge in [0.1, 0.15) is 6.29 Å². The van der Waals surface area contributed by atoms with Crippen LogP contribution in [0, 0.1) is 0 Å². The summed E-state index contributed by atoms with van der Waals surface area (Å²) < 4.78 is 1.66. The Labute approximate surface area is 44.2 Å². The van der Waals surface area contributed by atoms with Crippen molar-refractivity contribution in [2.75, 3.05) is 0 Å². The lowest BCUT2D eigenvalue weighted by Crippen LogP contribution is -1.48. The molecule has 0 rings (SSSR count). The highest BCUT2D eigenvalue weighted by Crippen LogP contribution is 1.77. The van der Waals surface area contributed by atoms with E-state index < -0.39 is 0 Å². The molecule has 0 saturated carbocycles. The lowest BCUT2D eigenvalue weighted by atomic mass is 10.8.